The molecule has 1 heterocycles. The van der Waals surface area contributed by atoms with Gasteiger partial charge in [-0.3, -0.25) is 14.5 Å². The predicted molar refractivity (Wildman–Crippen MR) is 55.9 cm³/mol. The summed E-state index contributed by atoms with van der Waals surface area (Å²) in [6.07, 6.45) is 0.0857. The second kappa shape index (κ2) is 4.71. The first kappa shape index (κ1) is 12.8. The predicted octanol–water partition coefficient (Wildman–Crippen LogP) is -0.759. The van der Waals surface area contributed by atoms with Gasteiger partial charge in [0.1, 0.15) is 0 Å². The second-order valence-corrected chi connectivity index (χ2v) is 3.83. The molecule has 0 bridgehead atoms. The summed E-state index contributed by atoms with van der Waals surface area (Å²) in [5.74, 6) is -2.80. The summed E-state index contributed by atoms with van der Waals surface area (Å²) < 4.78 is 0. The Balaban J connectivity index is 3.13. The number of carbonyl (C=O) groups is 3. The number of carboxylic acid groups (broad SMARTS) is 1. The van der Waals surface area contributed by atoms with E-state index in [1.165, 1.54) is 4.90 Å². The van der Waals surface area contributed by atoms with E-state index in [9.17, 15) is 19.5 Å². The van der Waals surface area contributed by atoms with E-state index in [1.807, 2.05) is 0 Å². The lowest BCUT2D eigenvalue weighted by molar-refractivity contribution is -0.160. The van der Waals surface area contributed by atoms with Gasteiger partial charge in [0.2, 0.25) is 5.78 Å². The van der Waals surface area contributed by atoms with E-state index in [4.69, 9.17) is 0 Å². The van der Waals surface area contributed by atoms with E-state index >= 15 is 0 Å². The van der Waals surface area contributed by atoms with Gasteiger partial charge in [-0.15, -0.1) is 0 Å². The maximum Gasteiger partial charge on any atom is 0.332 e. The lowest BCUT2D eigenvalue weighted by atomic mass is 9.87. The number of ketones is 2. The molecule has 0 aliphatic carbocycles. The number of aliphatic carboxylic acids is 1. The van der Waals surface area contributed by atoms with Crippen molar-refractivity contribution >= 4 is 17.5 Å². The number of rotatable bonds is 5. The zero-order chi connectivity index (χ0) is 12.3. The number of Topliss-reactive ketones (excluding diaryl/α,β-unsaturated/α-hetero) is 2. The molecule has 1 rings (SSSR count). The second-order valence-electron chi connectivity index (χ2n) is 3.83. The van der Waals surface area contributed by atoms with Crippen molar-refractivity contribution in [1.82, 2.24) is 10.2 Å². The average molecular weight is 228 g/mol. The molecule has 1 saturated heterocycles. The van der Waals surface area contributed by atoms with Crippen molar-refractivity contribution < 1.29 is 19.5 Å². The van der Waals surface area contributed by atoms with Crippen LogP contribution >= 0.6 is 0 Å². The number of carbonyl (C=O) groups excluding carboxylic acids is 2. The molecular formula is C10H16N2O4. The molecule has 1 unspecified atom stereocenters. The van der Waals surface area contributed by atoms with Gasteiger partial charge in [-0.25, -0.2) is 4.79 Å². The average Bonchev–Trinajstić information content (AvgIpc) is 2.72. The van der Waals surface area contributed by atoms with Crippen molar-refractivity contribution in [2.75, 3.05) is 19.8 Å². The summed E-state index contributed by atoms with van der Waals surface area (Å²) in [6.45, 7) is 4.12. The minimum Gasteiger partial charge on any atom is -0.480 e. The monoisotopic (exact) mass is 228 g/mol. The Morgan fingerprint density at radius 3 is 2.38 bits per heavy atom. The number of nitrogens with one attached hydrogen (secondary N) is 1. The topological polar surface area (TPSA) is 86.7 Å². The SMILES string of the molecule is CCC(C(=O)O)(C(=O)C(C)=O)N1CCNC1. The molecule has 90 valence electrons. The molecule has 1 atom stereocenters. The van der Waals surface area contributed by atoms with Gasteiger partial charge < -0.3 is 10.4 Å². The van der Waals surface area contributed by atoms with Crippen LogP contribution in [-0.4, -0.2) is 52.8 Å². The molecule has 0 aromatic heterocycles. The van der Waals surface area contributed by atoms with E-state index in [0.717, 1.165) is 6.92 Å². The van der Waals surface area contributed by atoms with E-state index in [1.54, 1.807) is 6.92 Å². The van der Waals surface area contributed by atoms with Crippen molar-refractivity contribution in [2.24, 2.45) is 0 Å². The first-order chi connectivity index (χ1) is 7.46. The van der Waals surface area contributed by atoms with Crippen LogP contribution in [0.2, 0.25) is 0 Å². The summed E-state index contributed by atoms with van der Waals surface area (Å²) >= 11 is 0. The Kier molecular flexibility index (Phi) is 3.77. The zero-order valence-electron chi connectivity index (χ0n) is 9.45. The summed E-state index contributed by atoms with van der Waals surface area (Å²) in [5, 5.41) is 12.2. The Bertz CT molecular complexity index is 323. The highest BCUT2D eigenvalue weighted by atomic mass is 16.4. The molecule has 1 aliphatic heterocycles. The highest BCUT2D eigenvalue weighted by molar-refractivity contribution is 6.43. The molecule has 1 fully saturated rings. The van der Waals surface area contributed by atoms with Crippen LogP contribution in [0.25, 0.3) is 0 Å². The Hall–Kier alpha value is -1.27. The summed E-state index contributed by atoms with van der Waals surface area (Å²) in [5.41, 5.74) is -1.70. The molecule has 1 aliphatic rings. The molecule has 0 radical (unpaired) electrons. The van der Waals surface area contributed by atoms with Gasteiger partial charge in [0.25, 0.3) is 0 Å². The van der Waals surface area contributed by atoms with E-state index in [-0.39, 0.29) is 6.42 Å². The Morgan fingerprint density at radius 1 is 1.44 bits per heavy atom. The van der Waals surface area contributed by atoms with Gasteiger partial charge in [-0.1, -0.05) is 6.92 Å². The van der Waals surface area contributed by atoms with Crippen molar-refractivity contribution in [1.29, 1.82) is 0 Å². The van der Waals surface area contributed by atoms with Crippen LogP contribution < -0.4 is 5.32 Å². The van der Waals surface area contributed by atoms with Gasteiger partial charge in [-0.2, -0.15) is 0 Å². The third-order valence-corrected chi connectivity index (χ3v) is 2.96. The molecule has 2 N–H and O–H groups in total. The zero-order valence-corrected chi connectivity index (χ0v) is 9.45. The lowest BCUT2D eigenvalue weighted by Gasteiger charge is -2.34. The number of hydrogen-bond acceptors (Lipinski definition) is 5. The van der Waals surface area contributed by atoms with Crippen molar-refractivity contribution in [3.63, 3.8) is 0 Å². The third-order valence-electron chi connectivity index (χ3n) is 2.96. The minimum atomic E-state index is -1.70. The van der Waals surface area contributed by atoms with Crippen molar-refractivity contribution in [3.05, 3.63) is 0 Å². The van der Waals surface area contributed by atoms with Crippen LogP contribution in [0.4, 0.5) is 0 Å². The van der Waals surface area contributed by atoms with Crippen LogP contribution in [0.1, 0.15) is 20.3 Å². The number of carboxylic acids is 1. The molecule has 0 amide bonds. The van der Waals surface area contributed by atoms with E-state index in [2.05, 4.69) is 5.32 Å². The van der Waals surface area contributed by atoms with Gasteiger partial charge in [0, 0.05) is 26.7 Å². The summed E-state index contributed by atoms with van der Waals surface area (Å²) in [6, 6.07) is 0. The molecule has 6 heteroatoms. The van der Waals surface area contributed by atoms with E-state index in [0.29, 0.717) is 19.8 Å². The highest BCUT2D eigenvalue weighted by Gasteiger charge is 2.51. The van der Waals surface area contributed by atoms with E-state index < -0.39 is 23.1 Å². The minimum absolute atomic E-state index is 0.0857. The fraction of sp³-hybridized carbons (Fsp3) is 0.700. The first-order valence-electron chi connectivity index (χ1n) is 5.21. The summed E-state index contributed by atoms with van der Waals surface area (Å²) in [4.78, 5) is 35.8. The smallest absolute Gasteiger partial charge is 0.332 e. The fourth-order valence-electron chi connectivity index (χ4n) is 2.04. The van der Waals surface area contributed by atoms with Crippen molar-refractivity contribution in [2.45, 2.75) is 25.8 Å². The molecule has 6 nitrogen and oxygen atoms in total. The molecular weight excluding hydrogens is 212 g/mol. The molecule has 0 saturated carbocycles. The highest BCUT2D eigenvalue weighted by Crippen LogP contribution is 2.23. The van der Waals surface area contributed by atoms with Crippen molar-refractivity contribution in [3.8, 4) is 0 Å². The molecule has 16 heavy (non-hydrogen) atoms. The normalized spacial score (nSPS) is 20.4. The molecule has 0 spiro atoms. The molecule has 0 aromatic rings. The quantitative estimate of drug-likeness (QED) is 0.475. The largest absolute Gasteiger partial charge is 0.480 e. The Morgan fingerprint density at radius 2 is 2.06 bits per heavy atom. The Labute approximate surface area is 93.6 Å². The van der Waals surface area contributed by atoms with Crippen LogP contribution in [0.5, 0.6) is 0 Å². The fourth-order valence-corrected chi connectivity index (χ4v) is 2.04. The molecule has 0 aromatic carbocycles. The van der Waals surface area contributed by atoms with Crippen LogP contribution in [0.15, 0.2) is 0 Å². The standard InChI is InChI=1S/C10H16N2O4/c1-3-10(9(15)16,8(14)7(2)13)12-5-4-11-6-12/h11H,3-6H2,1-2H3,(H,15,16). The maximum atomic E-state index is 11.8. The van der Waals surface area contributed by atoms with Gasteiger partial charge >= 0.3 is 5.97 Å². The maximum absolute atomic E-state index is 11.8. The van der Waals surface area contributed by atoms with Gasteiger partial charge in [0.05, 0.1) is 0 Å². The first-order valence-corrected chi connectivity index (χ1v) is 5.21. The van der Waals surface area contributed by atoms with Crippen LogP contribution in [0, 0.1) is 0 Å². The van der Waals surface area contributed by atoms with Crippen LogP contribution in [0.3, 0.4) is 0 Å². The van der Waals surface area contributed by atoms with Gasteiger partial charge in [-0.05, 0) is 6.42 Å². The van der Waals surface area contributed by atoms with Gasteiger partial charge in [0.15, 0.2) is 11.3 Å². The van der Waals surface area contributed by atoms with Crippen LogP contribution in [-0.2, 0) is 14.4 Å². The summed E-state index contributed by atoms with van der Waals surface area (Å²) in [7, 11) is 0. The number of hydrogen-bond donors (Lipinski definition) is 2. The third kappa shape index (κ3) is 1.85. The lowest BCUT2D eigenvalue weighted by Crippen LogP contribution is -2.61. The number of nitrogens with zero attached hydrogens (tertiary/aromatic N) is 1.